The van der Waals surface area contributed by atoms with Gasteiger partial charge in [0.1, 0.15) is 5.82 Å². The zero-order chi connectivity index (χ0) is 13.8. The zero-order valence-corrected chi connectivity index (χ0v) is 11.3. The second-order valence-corrected chi connectivity index (χ2v) is 5.41. The van der Waals surface area contributed by atoms with E-state index in [-0.39, 0.29) is 23.7 Å². The van der Waals surface area contributed by atoms with Crippen molar-refractivity contribution in [2.24, 2.45) is 11.7 Å². The number of amides is 1. The van der Waals surface area contributed by atoms with Crippen LogP contribution < -0.4 is 11.1 Å². The number of nitrogens with two attached hydrogens (primary N) is 1. The molecule has 1 aliphatic carbocycles. The largest absolute Gasteiger partial charge is 0.352 e. The second kappa shape index (κ2) is 6.15. The third kappa shape index (κ3) is 3.77. The summed E-state index contributed by atoms with van der Waals surface area (Å²) < 4.78 is 13.4. The molecule has 2 rings (SSSR count). The molecule has 104 valence electrons. The molecule has 3 nitrogen and oxygen atoms in total. The lowest BCUT2D eigenvalue weighted by Gasteiger charge is -2.25. The van der Waals surface area contributed by atoms with Gasteiger partial charge in [-0.15, -0.1) is 0 Å². The molecule has 3 N–H and O–H groups in total. The molecule has 1 amide bonds. The first-order valence-electron chi connectivity index (χ1n) is 6.84. The minimum Gasteiger partial charge on any atom is -0.352 e. The van der Waals surface area contributed by atoms with Gasteiger partial charge in [0.15, 0.2) is 0 Å². The maximum Gasteiger partial charge on any atom is 0.223 e. The van der Waals surface area contributed by atoms with Crippen LogP contribution in [0.1, 0.15) is 36.8 Å². The Labute approximate surface area is 113 Å². The zero-order valence-electron chi connectivity index (χ0n) is 11.3. The summed E-state index contributed by atoms with van der Waals surface area (Å²) in [5.74, 6) is -0.0987. The van der Waals surface area contributed by atoms with Gasteiger partial charge in [-0.3, -0.25) is 4.79 Å². The highest BCUT2D eigenvalue weighted by Crippen LogP contribution is 2.23. The fourth-order valence-electron chi connectivity index (χ4n) is 2.46. The standard InChI is InChI=1S/C15H21FN2O/c1-10-2-3-11(8-14(10)16)9-18-15(19)12-4-6-13(17)7-5-12/h2-3,8,12-13H,4-7,9,17H2,1H3,(H,18,19). The molecule has 0 aliphatic heterocycles. The quantitative estimate of drug-likeness (QED) is 0.880. The van der Waals surface area contributed by atoms with E-state index in [9.17, 15) is 9.18 Å². The van der Waals surface area contributed by atoms with E-state index in [2.05, 4.69) is 5.32 Å². The fraction of sp³-hybridized carbons (Fsp3) is 0.533. The monoisotopic (exact) mass is 264 g/mol. The van der Waals surface area contributed by atoms with Gasteiger partial charge in [0.2, 0.25) is 5.91 Å². The van der Waals surface area contributed by atoms with E-state index in [0.29, 0.717) is 12.1 Å². The summed E-state index contributed by atoms with van der Waals surface area (Å²) in [6.07, 6.45) is 3.54. The maximum absolute atomic E-state index is 13.4. The lowest BCUT2D eigenvalue weighted by atomic mass is 9.86. The predicted molar refractivity (Wildman–Crippen MR) is 72.9 cm³/mol. The van der Waals surface area contributed by atoms with Crippen molar-refractivity contribution in [1.29, 1.82) is 0 Å². The molecule has 1 aromatic carbocycles. The molecule has 0 heterocycles. The first-order chi connectivity index (χ1) is 9.06. The van der Waals surface area contributed by atoms with Crippen LogP contribution in [0, 0.1) is 18.7 Å². The van der Waals surface area contributed by atoms with Gasteiger partial charge in [0.05, 0.1) is 0 Å². The average Bonchev–Trinajstić information content (AvgIpc) is 2.40. The smallest absolute Gasteiger partial charge is 0.223 e. The van der Waals surface area contributed by atoms with Crippen LogP contribution in [0.25, 0.3) is 0 Å². The Bertz CT molecular complexity index is 453. The lowest BCUT2D eigenvalue weighted by molar-refractivity contribution is -0.126. The third-order valence-electron chi connectivity index (χ3n) is 3.85. The van der Waals surface area contributed by atoms with Crippen LogP contribution in [0.3, 0.4) is 0 Å². The van der Waals surface area contributed by atoms with Crippen LogP contribution in [-0.4, -0.2) is 11.9 Å². The van der Waals surface area contributed by atoms with Crippen LogP contribution in [0.15, 0.2) is 18.2 Å². The molecule has 0 saturated heterocycles. The molecule has 0 atom stereocenters. The number of carbonyl (C=O) groups excluding carboxylic acids is 1. The van der Waals surface area contributed by atoms with Gasteiger partial charge in [0.25, 0.3) is 0 Å². The normalized spacial score (nSPS) is 23.1. The first-order valence-corrected chi connectivity index (χ1v) is 6.84. The Morgan fingerprint density at radius 1 is 1.37 bits per heavy atom. The Kier molecular flexibility index (Phi) is 4.53. The van der Waals surface area contributed by atoms with Crippen LogP contribution in [-0.2, 0) is 11.3 Å². The van der Waals surface area contributed by atoms with Crippen molar-refractivity contribution >= 4 is 5.91 Å². The summed E-state index contributed by atoms with van der Waals surface area (Å²) in [5.41, 5.74) is 7.24. The first kappa shape index (κ1) is 14.0. The average molecular weight is 264 g/mol. The minimum absolute atomic E-state index is 0.0629. The molecule has 1 saturated carbocycles. The van der Waals surface area contributed by atoms with Crippen LogP contribution in [0.4, 0.5) is 4.39 Å². The molecule has 0 unspecified atom stereocenters. The van der Waals surface area contributed by atoms with Gasteiger partial charge in [-0.2, -0.15) is 0 Å². The Balaban J connectivity index is 1.84. The highest BCUT2D eigenvalue weighted by Gasteiger charge is 2.24. The van der Waals surface area contributed by atoms with Crippen molar-refractivity contribution in [2.45, 2.75) is 45.2 Å². The Morgan fingerprint density at radius 2 is 2.05 bits per heavy atom. The number of hydrogen-bond donors (Lipinski definition) is 2. The Morgan fingerprint density at radius 3 is 2.68 bits per heavy atom. The fourth-order valence-corrected chi connectivity index (χ4v) is 2.46. The highest BCUT2D eigenvalue weighted by molar-refractivity contribution is 5.78. The van der Waals surface area contributed by atoms with E-state index in [4.69, 9.17) is 5.73 Å². The molecular formula is C15H21FN2O. The minimum atomic E-state index is -0.226. The number of halogens is 1. The summed E-state index contributed by atoms with van der Waals surface area (Å²) in [6.45, 7) is 2.11. The number of carbonyl (C=O) groups is 1. The van der Waals surface area contributed by atoms with Crippen molar-refractivity contribution in [3.63, 3.8) is 0 Å². The summed E-state index contributed by atoms with van der Waals surface area (Å²) in [6, 6.07) is 5.30. The highest BCUT2D eigenvalue weighted by atomic mass is 19.1. The maximum atomic E-state index is 13.4. The van der Waals surface area contributed by atoms with Crippen LogP contribution in [0.2, 0.25) is 0 Å². The SMILES string of the molecule is Cc1ccc(CNC(=O)C2CCC(N)CC2)cc1F. The number of aryl methyl sites for hydroxylation is 1. The van der Waals surface area contributed by atoms with Gasteiger partial charge in [-0.25, -0.2) is 4.39 Å². The van der Waals surface area contributed by atoms with Crippen molar-refractivity contribution in [1.82, 2.24) is 5.32 Å². The van der Waals surface area contributed by atoms with Crippen molar-refractivity contribution in [3.8, 4) is 0 Å². The molecule has 0 bridgehead atoms. The van der Waals surface area contributed by atoms with E-state index in [1.807, 2.05) is 6.07 Å². The lowest BCUT2D eigenvalue weighted by Crippen LogP contribution is -2.35. The van der Waals surface area contributed by atoms with Gasteiger partial charge in [0, 0.05) is 18.5 Å². The number of hydrogen-bond acceptors (Lipinski definition) is 2. The third-order valence-corrected chi connectivity index (χ3v) is 3.85. The summed E-state index contributed by atoms with van der Waals surface area (Å²) in [4.78, 5) is 12.0. The molecule has 1 fully saturated rings. The second-order valence-electron chi connectivity index (χ2n) is 5.41. The van der Waals surface area contributed by atoms with Crippen LogP contribution >= 0.6 is 0 Å². The summed E-state index contributed by atoms with van der Waals surface area (Å²) in [5, 5.41) is 2.88. The van der Waals surface area contributed by atoms with Gasteiger partial charge in [-0.05, 0) is 49.8 Å². The molecule has 19 heavy (non-hydrogen) atoms. The topological polar surface area (TPSA) is 55.1 Å². The molecule has 1 aromatic rings. The van der Waals surface area contributed by atoms with E-state index in [1.54, 1.807) is 13.0 Å². The molecule has 0 spiro atoms. The number of benzene rings is 1. The summed E-state index contributed by atoms with van der Waals surface area (Å²) >= 11 is 0. The molecule has 0 radical (unpaired) electrons. The number of nitrogens with one attached hydrogen (secondary N) is 1. The molecule has 4 heteroatoms. The van der Waals surface area contributed by atoms with Crippen molar-refractivity contribution < 1.29 is 9.18 Å². The Hall–Kier alpha value is -1.42. The summed E-state index contributed by atoms with van der Waals surface area (Å²) in [7, 11) is 0. The predicted octanol–water partition coefficient (Wildman–Crippen LogP) is 2.27. The number of rotatable bonds is 3. The van der Waals surface area contributed by atoms with E-state index < -0.39 is 0 Å². The van der Waals surface area contributed by atoms with Crippen LogP contribution in [0.5, 0.6) is 0 Å². The van der Waals surface area contributed by atoms with Crippen molar-refractivity contribution in [2.75, 3.05) is 0 Å². The van der Waals surface area contributed by atoms with E-state index >= 15 is 0 Å². The molecule has 1 aliphatic rings. The van der Waals surface area contributed by atoms with E-state index in [0.717, 1.165) is 31.2 Å². The van der Waals surface area contributed by atoms with E-state index in [1.165, 1.54) is 6.07 Å². The van der Waals surface area contributed by atoms with Gasteiger partial charge >= 0.3 is 0 Å². The van der Waals surface area contributed by atoms with Gasteiger partial charge < -0.3 is 11.1 Å². The molecular weight excluding hydrogens is 243 g/mol. The van der Waals surface area contributed by atoms with Gasteiger partial charge in [-0.1, -0.05) is 12.1 Å². The van der Waals surface area contributed by atoms with Crippen molar-refractivity contribution in [3.05, 3.63) is 35.1 Å². The molecule has 0 aromatic heterocycles.